The molecule has 0 aromatic heterocycles. The number of nitrogens with one attached hydrogen (secondary N) is 1. The van der Waals surface area contributed by atoms with Crippen molar-refractivity contribution in [3.8, 4) is 0 Å². The molecule has 2 N–H and O–H groups in total. The van der Waals surface area contributed by atoms with E-state index >= 15 is 0 Å². The summed E-state index contributed by atoms with van der Waals surface area (Å²) in [5.74, 6) is -0.112. The Morgan fingerprint density at radius 3 is 2.65 bits per heavy atom. The van der Waals surface area contributed by atoms with Crippen LogP contribution in [-0.2, 0) is 9.53 Å². The van der Waals surface area contributed by atoms with Crippen LogP contribution in [0.3, 0.4) is 0 Å². The molecule has 0 bridgehead atoms. The Kier molecular flexibility index (Phi) is 5.37. The number of hydrogen-bond donors (Lipinski definition) is 2. The van der Waals surface area contributed by atoms with Gasteiger partial charge in [0.05, 0.1) is 13.2 Å². The van der Waals surface area contributed by atoms with Crippen molar-refractivity contribution in [1.82, 2.24) is 5.32 Å². The molecule has 2 fully saturated rings. The van der Waals surface area contributed by atoms with E-state index in [1.165, 1.54) is 20.0 Å². The van der Waals surface area contributed by atoms with E-state index in [1.54, 1.807) is 0 Å². The van der Waals surface area contributed by atoms with E-state index in [2.05, 4.69) is 12.2 Å². The zero-order valence-corrected chi connectivity index (χ0v) is 13.5. The van der Waals surface area contributed by atoms with Gasteiger partial charge in [0.25, 0.3) is 0 Å². The molecule has 4 nitrogen and oxygen atoms in total. The fraction of sp³-hybridized carbons (Fsp3) is 0.933. The Balaban J connectivity index is 2.01. The van der Waals surface area contributed by atoms with Crippen LogP contribution in [0.4, 0.5) is 0 Å². The minimum atomic E-state index is -0.496. The number of carbonyl (C=O) groups is 1. The van der Waals surface area contributed by atoms with Gasteiger partial charge in [-0.2, -0.15) is 11.8 Å². The van der Waals surface area contributed by atoms with E-state index in [-0.39, 0.29) is 17.3 Å². The third kappa shape index (κ3) is 3.89. The Hall–Kier alpha value is -0.260. The van der Waals surface area contributed by atoms with Crippen molar-refractivity contribution in [3.05, 3.63) is 0 Å². The topological polar surface area (TPSA) is 58.6 Å². The average Bonchev–Trinajstić information content (AvgIpc) is 3.21. The second-order valence-electron chi connectivity index (χ2n) is 6.29. The summed E-state index contributed by atoms with van der Waals surface area (Å²) in [5.41, 5.74) is -0.496. The molecule has 0 aromatic carbocycles. The number of thioether (sulfide) groups is 1. The molecule has 0 radical (unpaired) electrons. The fourth-order valence-corrected chi connectivity index (χ4v) is 4.46. The zero-order valence-electron chi connectivity index (χ0n) is 12.7. The molecule has 20 heavy (non-hydrogen) atoms. The summed E-state index contributed by atoms with van der Waals surface area (Å²) < 4.78 is 5.06. The molecule has 4 unspecified atom stereocenters. The van der Waals surface area contributed by atoms with E-state index in [9.17, 15) is 9.90 Å². The van der Waals surface area contributed by atoms with Crippen molar-refractivity contribution in [3.63, 3.8) is 0 Å². The van der Waals surface area contributed by atoms with Gasteiger partial charge in [-0.3, -0.25) is 10.1 Å². The van der Waals surface area contributed by atoms with Crippen LogP contribution in [0.15, 0.2) is 0 Å². The first-order valence-corrected chi connectivity index (χ1v) is 8.61. The number of aliphatic hydroxyl groups is 1. The van der Waals surface area contributed by atoms with E-state index in [4.69, 9.17) is 4.74 Å². The van der Waals surface area contributed by atoms with Gasteiger partial charge in [-0.05, 0) is 45.4 Å². The SMILES string of the molecule is COC(=O)C1(NC2CC2)CCCC(SC(C)C(C)O)C1. The van der Waals surface area contributed by atoms with Crippen molar-refractivity contribution in [2.75, 3.05) is 7.11 Å². The smallest absolute Gasteiger partial charge is 0.326 e. The molecule has 0 spiro atoms. The van der Waals surface area contributed by atoms with Gasteiger partial charge in [0, 0.05) is 16.5 Å². The maximum atomic E-state index is 12.3. The zero-order chi connectivity index (χ0) is 14.8. The number of rotatable bonds is 6. The second-order valence-corrected chi connectivity index (χ2v) is 7.97. The molecule has 116 valence electrons. The quantitative estimate of drug-likeness (QED) is 0.736. The number of hydrogen-bond acceptors (Lipinski definition) is 5. The van der Waals surface area contributed by atoms with Crippen LogP contribution in [-0.4, -0.2) is 46.4 Å². The molecular weight excluding hydrogens is 274 g/mol. The molecule has 2 rings (SSSR count). The first kappa shape index (κ1) is 16.1. The number of aliphatic hydroxyl groups excluding tert-OH is 1. The van der Waals surface area contributed by atoms with Crippen molar-refractivity contribution in [2.45, 2.75) is 80.6 Å². The molecule has 0 heterocycles. The lowest BCUT2D eigenvalue weighted by Crippen LogP contribution is -2.57. The van der Waals surface area contributed by atoms with Crippen LogP contribution < -0.4 is 5.32 Å². The van der Waals surface area contributed by atoms with Crippen LogP contribution >= 0.6 is 11.8 Å². The summed E-state index contributed by atoms with van der Waals surface area (Å²) >= 11 is 1.81. The van der Waals surface area contributed by atoms with Crippen LogP contribution in [0.25, 0.3) is 0 Å². The van der Waals surface area contributed by atoms with Crippen molar-refractivity contribution >= 4 is 17.7 Å². The lowest BCUT2D eigenvalue weighted by atomic mass is 9.81. The number of methoxy groups -OCH3 is 1. The Morgan fingerprint density at radius 2 is 2.10 bits per heavy atom. The Morgan fingerprint density at radius 1 is 1.40 bits per heavy atom. The predicted molar refractivity (Wildman–Crippen MR) is 81.9 cm³/mol. The van der Waals surface area contributed by atoms with E-state index in [0.29, 0.717) is 11.3 Å². The summed E-state index contributed by atoms with van der Waals surface area (Å²) in [7, 11) is 1.48. The van der Waals surface area contributed by atoms with E-state index in [0.717, 1.165) is 25.7 Å². The predicted octanol–water partition coefficient (Wildman–Crippen LogP) is 2.10. The minimum absolute atomic E-state index is 0.112. The molecule has 4 atom stereocenters. The molecule has 0 aliphatic heterocycles. The summed E-state index contributed by atoms with van der Waals surface area (Å²) in [5, 5.41) is 13.8. The largest absolute Gasteiger partial charge is 0.468 e. The van der Waals surface area contributed by atoms with Gasteiger partial charge in [-0.25, -0.2) is 0 Å². The third-order valence-corrected chi connectivity index (χ3v) is 6.04. The van der Waals surface area contributed by atoms with Crippen LogP contribution in [0.5, 0.6) is 0 Å². The molecular formula is C15H27NO3S. The van der Waals surface area contributed by atoms with E-state index < -0.39 is 5.54 Å². The van der Waals surface area contributed by atoms with Crippen LogP contribution in [0, 0.1) is 0 Å². The lowest BCUT2D eigenvalue weighted by molar-refractivity contribution is -0.150. The van der Waals surface area contributed by atoms with Crippen molar-refractivity contribution in [1.29, 1.82) is 0 Å². The summed E-state index contributed by atoms with van der Waals surface area (Å²) in [6.07, 6.45) is 5.87. The molecule has 0 aromatic rings. The van der Waals surface area contributed by atoms with Gasteiger partial charge < -0.3 is 9.84 Å². The maximum absolute atomic E-state index is 12.3. The monoisotopic (exact) mass is 301 g/mol. The minimum Gasteiger partial charge on any atom is -0.468 e. The standard InChI is InChI=1S/C15H27NO3S/c1-10(17)11(2)20-13-5-4-8-15(9-13,14(18)19-3)16-12-6-7-12/h10-13,16-17H,4-9H2,1-3H3. The molecule has 0 saturated heterocycles. The molecule has 2 saturated carbocycles. The average molecular weight is 301 g/mol. The Labute approximate surface area is 126 Å². The van der Waals surface area contributed by atoms with Crippen molar-refractivity contribution in [2.24, 2.45) is 0 Å². The Bertz CT molecular complexity index is 346. The second kappa shape index (κ2) is 6.67. The molecule has 0 amide bonds. The highest BCUT2D eigenvalue weighted by atomic mass is 32.2. The summed E-state index contributed by atoms with van der Waals surface area (Å²) in [6.45, 7) is 3.88. The first-order chi connectivity index (χ1) is 9.47. The van der Waals surface area contributed by atoms with Gasteiger partial charge in [-0.15, -0.1) is 0 Å². The number of ether oxygens (including phenoxy) is 1. The number of carbonyl (C=O) groups excluding carboxylic acids is 1. The molecule has 2 aliphatic carbocycles. The van der Waals surface area contributed by atoms with Gasteiger partial charge >= 0.3 is 5.97 Å². The van der Waals surface area contributed by atoms with E-state index in [1.807, 2.05) is 18.7 Å². The highest BCUT2D eigenvalue weighted by Crippen LogP contribution is 2.39. The van der Waals surface area contributed by atoms with Crippen molar-refractivity contribution < 1.29 is 14.6 Å². The first-order valence-electron chi connectivity index (χ1n) is 7.66. The van der Waals surface area contributed by atoms with Crippen LogP contribution in [0.2, 0.25) is 0 Å². The van der Waals surface area contributed by atoms with Gasteiger partial charge in [0.2, 0.25) is 0 Å². The normalized spacial score (nSPS) is 33.5. The highest BCUT2D eigenvalue weighted by Gasteiger charge is 2.47. The van der Waals surface area contributed by atoms with Gasteiger partial charge in [0.1, 0.15) is 5.54 Å². The van der Waals surface area contributed by atoms with Crippen LogP contribution in [0.1, 0.15) is 52.4 Å². The third-order valence-electron chi connectivity index (χ3n) is 4.43. The van der Waals surface area contributed by atoms with Gasteiger partial charge in [-0.1, -0.05) is 6.92 Å². The number of esters is 1. The van der Waals surface area contributed by atoms with Gasteiger partial charge in [0.15, 0.2) is 0 Å². The molecule has 5 heteroatoms. The molecule has 2 aliphatic rings. The highest BCUT2D eigenvalue weighted by molar-refractivity contribution is 8.00. The lowest BCUT2D eigenvalue weighted by Gasteiger charge is -2.40. The summed E-state index contributed by atoms with van der Waals surface area (Å²) in [4.78, 5) is 12.3. The summed E-state index contributed by atoms with van der Waals surface area (Å²) in [6, 6.07) is 0.493. The maximum Gasteiger partial charge on any atom is 0.326 e. The fourth-order valence-electron chi connectivity index (χ4n) is 2.95.